The molecule has 1 fully saturated rings. The average Bonchev–Trinajstić information content (AvgIpc) is 2.86. The summed E-state index contributed by atoms with van der Waals surface area (Å²) in [6.45, 7) is 6.80. The van der Waals surface area contributed by atoms with Crippen molar-refractivity contribution in [2.45, 2.75) is 11.0 Å². The van der Waals surface area contributed by atoms with E-state index >= 15 is 0 Å². The van der Waals surface area contributed by atoms with Gasteiger partial charge in [-0.05, 0) is 29.8 Å². The summed E-state index contributed by atoms with van der Waals surface area (Å²) in [5.74, 6) is 1.65. The van der Waals surface area contributed by atoms with E-state index in [1.165, 1.54) is 24.6 Å². The van der Waals surface area contributed by atoms with Gasteiger partial charge in [-0.15, -0.1) is 6.58 Å². The van der Waals surface area contributed by atoms with Crippen molar-refractivity contribution in [3.63, 3.8) is 0 Å². The molecular weight excluding hydrogens is 444 g/mol. The SMILES string of the molecule is C=CCOC(CN1CCN(S(=O)(=O)c2ccc(OC)c(OC)c2)CC1)c1cccc(OC)c1. The molecular formula is C24H32N2O6S. The fourth-order valence-electron chi connectivity index (χ4n) is 3.79. The molecule has 8 nitrogen and oxygen atoms in total. The molecule has 0 amide bonds. The molecule has 1 aliphatic heterocycles. The lowest BCUT2D eigenvalue weighted by molar-refractivity contribution is 0.0330. The Labute approximate surface area is 196 Å². The molecule has 180 valence electrons. The number of methoxy groups -OCH3 is 3. The normalized spacial score (nSPS) is 16.2. The monoisotopic (exact) mass is 476 g/mol. The van der Waals surface area contributed by atoms with Crippen molar-refractivity contribution in [3.05, 3.63) is 60.7 Å². The summed E-state index contributed by atoms with van der Waals surface area (Å²) >= 11 is 0. The largest absolute Gasteiger partial charge is 0.497 e. The zero-order valence-corrected chi connectivity index (χ0v) is 20.2. The van der Waals surface area contributed by atoms with Crippen LogP contribution >= 0.6 is 0 Å². The quantitative estimate of drug-likeness (QED) is 0.462. The Morgan fingerprint density at radius 1 is 0.970 bits per heavy atom. The highest BCUT2D eigenvalue weighted by molar-refractivity contribution is 7.89. The van der Waals surface area contributed by atoms with Crippen LogP contribution in [0.5, 0.6) is 17.2 Å². The fraction of sp³-hybridized carbons (Fsp3) is 0.417. The molecule has 0 spiro atoms. The molecule has 1 saturated heterocycles. The minimum Gasteiger partial charge on any atom is -0.497 e. The first-order valence-electron chi connectivity index (χ1n) is 10.7. The molecule has 0 saturated carbocycles. The third-order valence-corrected chi connectivity index (χ3v) is 7.52. The van der Waals surface area contributed by atoms with E-state index in [0.717, 1.165) is 11.3 Å². The summed E-state index contributed by atoms with van der Waals surface area (Å²) in [7, 11) is 1.00. The van der Waals surface area contributed by atoms with Gasteiger partial charge in [-0.25, -0.2) is 8.42 Å². The molecule has 9 heteroatoms. The van der Waals surface area contributed by atoms with Crippen LogP contribution in [0.1, 0.15) is 11.7 Å². The van der Waals surface area contributed by atoms with Gasteiger partial charge in [-0.2, -0.15) is 4.31 Å². The van der Waals surface area contributed by atoms with Crippen LogP contribution in [0.25, 0.3) is 0 Å². The van der Waals surface area contributed by atoms with Crippen LogP contribution in [-0.4, -0.2) is 78.3 Å². The van der Waals surface area contributed by atoms with Crippen LogP contribution in [0.15, 0.2) is 60.0 Å². The summed E-state index contributed by atoms with van der Waals surface area (Å²) < 4.78 is 49.7. The van der Waals surface area contributed by atoms with Gasteiger partial charge in [-0.1, -0.05) is 18.2 Å². The van der Waals surface area contributed by atoms with E-state index in [0.29, 0.717) is 50.8 Å². The lowest BCUT2D eigenvalue weighted by atomic mass is 10.1. The van der Waals surface area contributed by atoms with E-state index in [-0.39, 0.29) is 11.0 Å². The van der Waals surface area contributed by atoms with E-state index in [1.807, 2.05) is 24.3 Å². The smallest absolute Gasteiger partial charge is 0.243 e. The first-order chi connectivity index (χ1) is 15.9. The number of ether oxygens (including phenoxy) is 4. The lowest BCUT2D eigenvalue weighted by Crippen LogP contribution is -2.49. The summed E-state index contributed by atoms with van der Waals surface area (Å²) in [6, 6.07) is 12.5. The van der Waals surface area contributed by atoms with E-state index in [4.69, 9.17) is 18.9 Å². The minimum atomic E-state index is -3.64. The molecule has 1 aliphatic rings. The van der Waals surface area contributed by atoms with Crippen LogP contribution in [0.4, 0.5) is 0 Å². The molecule has 1 unspecified atom stereocenters. The predicted octanol–water partition coefficient (Wildman–Crippen LogP) is 2.96. The number of rotatable bonds is 11. The Kier molecular flexibility index (Phi) is 8.74. The van der Waals surface area contributed by atoms with Crippen LogP contribution in [0, 0.1) is 0 Å². The second-order valence-corrected chi connectivity index (χ2v) is 9.55. The molecule has 2 aromatic rings. The number of hydrogen-bond donors (Lipinski definition) is 0. The van der Waals surface area contributed by atoms with Crippen LogP contribution < -0.4 is 14.2 Å². The number of nitrogens with zero attached hydrogens (tertiary/aromatic N) is 2. The van der Waals surface area contributed by atoms with E-state index in [9.17, 15) is 8.42 Å². The molecule has 1 atom stereocenters. The molecule has 0 N–H and O–H groups in total. The first kappa shape index (κ1) is 25.0. The van der Waals surface area contributed by atoms with E-state index in [2.05, 4.69) is 11.5 Å². The molecule has 0 aliphatic carbocycles. The highest BCUT2D eigenvalue weighted by atomic mass is 32.2. The number of sulfonamides is 1. The number of benzene rings is 2. The highest BCUT2D eigenvalue weighted by Gasteiger charge is 2.30. The van der Waals surface area contributed by atoms with Crippen molar-refractivity contribution in [3.8, 4) is 17.2 Å². The van der Waals surface area contributed by atoms with Crippen molar-refractivity contribution in [1.29, 1.82) is 0 Å². The second-order valence-electron chi connectivity index (χ2n) is 7.61. The Bertz CT molecular complexity index is 1040. The van der Waals surface area contributed by atoms with E-state index < -0.39 is 10.0 Å². The van der Waals surface area contributed by atoms with Crippen molar-refractivity contribution >= 4 is 10.0 Å². The third-order valence-electron chi connectivity index (χ3n) is 5.63. The zero-order chi connectivity index (χ0) is 23.8. The number of piperazine rings is 1. The van der Waals surface area contributed by atoms with Crippen molar-refractivity contribution in [2.75, 3.05) is 60.7 Å². The number of hydrogen-bond acceptors (Lipinski definition) is 7. The van der Waals surface area contributed by atoms with Gasteiger partial charge in [0.25, 0.3) is 0 Å². The second kappa shape index (κ2) is 11.5. The molecule has 1 heterocycles. The third kappa shape index (κ3) is 6.05. The summed E-state index contributed by atoms with van der Waals surface area (Å²) in [4.78, 5) is 2.41. The van der Waals surface area contributed by atoms with Crippen molar-refractivity contribution in [1.82, 2.24) is 9.21 Å². The molecule has 3 rings (SSSR count). The zero-order valence-electron chi connectivity index (χ0n) is 19.4. The standard InChI is InChI=1S/C24H32N2O6S/c1-5-15-32-24(19-7-6-8-20(16-19)29-2)18-25-11-13-26(14-12-25)33(27,28)21-9-10-22(30-3)23(17-21)31-4/h5-10,16-17,24H,1,11-15,18H2,2-4H3. The van der Waals surface area contributed by atoms with Gasteiger partial charge in [0, 0.05) is 38.8 Å². The van der Waals surface area contributed by atoms with Gasteiger partial charge in [0.1, 0.15) is 5.75 Å². The van der Waals surface area contributed by atoms with Crippen molar-refractivity contribution in [2.24, 2.45) is 0 Å². The Balaban J connectivity index is 1.68. The topological polar surface area (TPSA) is 77.5 Å². The molecule has 0 bridgehead atoms. The molecule has 0 radical (unpaired) electrons. The fourth-order valence-corrected chi connectivity index (χ4v) is 5.23. The van der Waals surface area contributed by atoms with Crippen LogP contribution in [0.2, 0.25) is 0 Å². The maximum Gasteiger partial charge on any atom is 0.243 e. The van der Waals surface area contributed by atoms with Crippen molar-refractivity contribution < 1.29 is 27.4 Å². The summed E-state index contributed by atoms with van der Waals surface area (Å²) in [5.41, 5.74) is 1.01. The Morgan fingerprint density at radius 3 is 2.33 bits per heavy atom. The lowest BCUT2D eigenvalue weighted by Gasteiger charge is -2.35. The summed E-state index contributed by atoms with van der Waals surface area (Å²) in [5, 5.41) is 0. The van der Waals surface area contributed by atoms with Gasteiger partial charge in [0.15, 0.2) is 11.5 Å². The maximum atomic E-state index is 13.2. The maximum absolute atomic E-state index is 13.2. The summed E-state index contributed by atoms with van der Waals surface area (Å²) in [6.07, 6.45) is 1.55. The Morgan fingerprint density at radius 2 is 1.70 bits per heavy atom. The van der Waals surface area contributed by atoms with Gasteiger partial charge in [-0.3, -0.25) is 4.90 Å². The minimum absolute atomic E-state index is 0.174. The van der Waals surface area contributed by atoms with Crippen LogP contribution in [0.3, 0.4) is 0 Å². The predicted molar refractivity (Wildman–Crippen MR) is 127 cm³/mol. The van der Waals surface area contributed by atoms with Gasteiger partial charge < -0.3 is 18.9 Å². The molecule has 2 aromatic carbocycles. The first-order valence-corrected chi connectivity index (χ1v) is 12.2. The Hall–Kier alpha value is -2.59. The highest BCUT2D eigenvalue weighted by Crippen LogP contribution is 2.31. The van der Waals surface area contributed by atoms with Gasteiger partial charge in [0.2, 0.25) is 10.0 Å². The van der Waals surface area contributed by atoms with Gasteiger partial charge >= 0.3 is 0 Å². The molecule has 0 aromatic heterocycles. The van der Waals surface area contributed by atoms with Crippen LogP contribution in [-0.2, 0) is 14.8 Å². The molecule has 33 heavy (non-hydrogen) atoms. The van der Waals surface area contributed by atoms with E-state index in [1.54, 1.807) is 25.3 Å². The van der Waals surface area contributed by atoms with Gasteiger partial charge in [0.05, 0.1) is 38.9 Å². The average molecular weight is 477 g/mol.